The standard InChI is InChI=1S/C5BrF10NO/c6-1(18)2(7,8)3(9,10)17(4(11,12)13)5(14,15)16. The molecule has 0 heterocycles. The van der Waals surface area contributed by atoms with E-state index in [1.807, 2.05) is 0 Å². The van der Waals surface area contributed by atoms with Crippen LogP contribution in [0, 0.1) is 0 Å². The molecule has 0 fully saturated rings. The van der Waals surface area contributed by atoms with Crippen molar-refractivity contribution in [2.24, 2.45) is 0 Å². The normalized spacial score (nSPS) is 15.1. The predicted octanol–water partition coefficient (Wildman–Crippen LogP) is 3.48. The fourth-order valence-corrected chi connectivity index (χ4v) is 0.959. The van der Waals surface area contributed by atoms with E-state index in [0.29, 0.717) is 0 Å². The summed E-state index contributed by atoms with van der Waals surface area (Å²) in [4.78, 5) is 6.35. The topological polar surface area (TPSA) is 20.3 Å². The summed E-state index contributed by atoms with van der Waals surface area (Å²) >= 11 is 1.20. The Labute approximate surface area is 99.6 Å². The quantitative estimate of drug-likeness (QED) is 0.437. The molecule has 108 valence electrons. The van der Waals surface area contributed by atoms with E-state index >= 15 is 0 Å². The molecule has 0 aliphatic rings. The third-order valence-corrected chi connectivity index (χ3v) is 1.91. The molecule has 0 atom stereocenters. The van der Waals surface area contributed by atoms with Crippen molar-refractivity contribution in [3.8, 4) is 0 Å². The minimum absolute atomic E-state index is 1.20. The van der Waals surface area contributed by atoms with Crippen LogP contribution in [0.15, 0.2) is 0 Å². The number of carbonyl (C=O) groups excluding carboxylic acids is 1. The van der Waals surface area contributed by atoms with Gasteiger partial charge in [-0.2, -0.15) is 43.9 Å². The maximum Gasteiger partial charge on any atom is 0.472 e. The molecule has 0 aliphatic heterocycles. The molecule has 0 saturated carbocycles. The monoisotopic (exact) mass is 359 g/mol. The summed E-state index contributed by atoms with van der Waals surface area (Å²) in [5, 5.41) is 0. The van der Waals surface area contributed by atoms with Gasteiger partial charge in [0.05, 0.1) is 0 Å². The van der Waals surface area contributed by atoms with Crippen molar-refractivity contribution in [2.45, 2.75) is 24.6 Å². The fraction of sp³-hybridized carbons (Fsp3) is 0.800. The first kappa shape index (κ1) is 17.4. The highest BCUT2D eigenvalue weighted by Gasteiger charge is 2.76. The maximum absolute atomic E-state index is 12.6. The molecule has 18 heavy (non-hydrogen) atoms. The summed E-state index contributed by atoms with van der Waals surface area (Å²) < 4.78 is 118. The first-order valence-electron chi connectivity index (χ1n) is 3.45. The zero-order chi connectivity index (χ0) is 15.2. The molecule has 0 aliphatic carbocycles. The van der Waals surface area contributed by atoms with Crippen molar-refractivity contribution in [1.29, 1.82) is 0 Å². The van der Waals surface area contributed by atoms with Crippen LogP contribution < -0.4 is 0 Å². The molecule has 0 aromatic rings. The first-order valence-corrected chi connectivity index (χ1v) is 4.25. The Morgan fingerprint density at radius 2 is 1.06 bits per heavy atom. The highest BCUT2D eigenvalue weighted by atomic mass is 79.9. The Morgan fingerprint density at radius 1 is 0.778 bits per heavy atom. The van der Waals surface area contributed by atoms with Gasteiger partial charge in [-0.25, -0.2) is 0 Å². The average Bonchev–Trinajstić information content (AvgIpc) is 1.95. The van der Waals surface area contributed by atoms with E-state index < -0.39 is 34.2 Å². The summed E-state index contributed by atoms with van der Waals surface area (Å²) in [6, 6.07) is -6.84. The van der Waals surface area contributed by atoms with Crippen LogP contribution in [-0.2, 0) is 4.79 Å². The molecule has 0 bridgehead atoms. The van der Waals surface area contributed by atoms with Crippen LogP contribution in [0.2, 0.25) is 0 Å². The van der Waals surface area contributed by atoms with Gasteiger partial charge in [0.1, 0.15) is 0 Å². The van der Waals surface area contributed by atoms with Gasteiger partial charge in [0.15, 0.2) is 0 Å². The second-order valence-electron chi connectivity index (χ2n) is 2.66. The van der Waals surface area contributed by atoms with Gasteiger partial charge in [-0.05, 0) is 15.9 Å². The zero-order valence-electron chi connectivity index (χ0n) is 7.51. The predicted molar refractivity (Wildman–Crippen MR) is 37.8 cm³/mol. The molecular formula is C5BrF10NO. The van der Waals surface area contributed by atoms with Crippen LogP contribution in [0.4, 0.5) is 43.9 Å². The molecular weight excluding hydrogens is 360 g/mol. The van der Waals surface area contributed by atoms with Gasteiger partial charge in [0.25, 0.3) is 4.69 Å². The zero-order valence-corrected chi connectivity index (χ0v) is 9.10. The van der Waals surface area contributed by atoms with E-state index in [9.17, 15) is 48.7 Å². The average molecular weight is 360 g/mol. The van der Waals surface area contributed by atoms with E-state index in [1.54, 1.807) is 0 Å². The Hall–Kier alpha value is -0.590. The van der Waals surface area contributed by atoms with Crippen LogP contribution in [0.5, 0.6) is 0 Å². The van der Waals surface area contributed by atoms with Crippen molar-refractivity contribution in [3.05, 3.63) is 0 Å². The van der Waals surface area contributed by atoms with Crippen LogP contribution in [0.3, 0.4) is 0 Å². The summed E-state index contributed by atoms with van der Waals surface area (Å²) in [5.74, 6) is -6.24. The fourth-order valence-electron chi connectivity index (χ4n) is 0.721. The van der Waals surface area contributed by atoms with Gasteiger partial charge in [-0.15, -0.1) is 0 Å². The smallest absolute Gasteiger partial charge is 0.279 e. The Morgan fingerprint density at radius 3 is 1.22 bits per heavy atom. The Balaban J connectivity index is 5.87. The summed E-state index contributed by atoms with van der Waals surface area (Å²) in [6.07, 6.45) is -13.7. The number of alkyl halides is 10. The summed E-state index contributed by atoms with van der Waals surface area (Å²) in [7, 11) is 0. The van der Waals surface area contributed by atoms with E-state index in [0.717, 1.165) is 0 Å². The molecule has 0 saturated heterocycles. The molecule has 0 unspecified atom stereocenters. The maximum atomic E-state index is 12.6. The van der Waals surface area contributed by atoms with E-state index in [-0.39, 0.29) is 0 Å². The molecule has 0 aromatic carbocycles. The number of hydrogen-bond donors (Lipinski definition) is 0. The number of halogens is 11. The minimum atomic E-state index is -6.87. The third kappa shape index (κ3) is 3.05. The lowest BCUT2D eigenvalue weighted by Crippen LogP contribution is -2.66. The van der Waals surface area contributed by atoms with E-state index in [4.69, 9.17) is 0 Å². The van der Waals surface area contributed by atoms with Crippen molar-refractivity contribution < 1.29 is 48.7 Å². The highest BCUT2D eigenvalue weighted by molar-refractivity contribution is 9.18. The molecule has 0 amide bonds. The van der Waals surface area contributed by atoms with Gasteiger partial charge < -0.3 is 0 Å². The number of rotatable bonds is 3. The lowest BCUT2D eigenvalue weighted by Gasteiger charge is -2.35. The van der Waals surface area contributed by atoms with Crippen molar-refractivity contribution in [1.82, 2.24) is 4.90 Å². The molecule has 0 aromatic heterocycles. The van der Waals surface area contributed by atoms with Gasteiger partial charge in [-0.1, -0.05) is 4.90 Å². The number of hydrogen-bond acceptors (Lipinski definition) is 2. The van der Waals surface area contributed by atoms with Crippen LogP contribution >= 0.6 is 15.9 Å². The van der Waals surface area contributed by atoms with Gasteiger partial charge in [-0.3, -0.25) is 4.79 Å². The first-order chi connectivity index (χ1) is 7.56. The minimum Gasteiger partial charge on any atom is -0.279 e. The van der Waals surface area contributed by atoms with Crippen molar-refractivity contribution >= 4 is 20.6 Å². The van der Waals surface area contributed by atoms with Gasteiger partial charge >= 0.3 is 24.6 Å². The van der Waals surface area contributed by atoms with E-state index in [2.05, 4.69) is 0 Å². The third-order valence-electron chi connectivity index (χ3n) is 1.41. The summed E-state index contributed by atoms with van der Waals surface area (Å²) in [6.45, 7) is 0. The second kappa shape index (κ2) is 4.51. The lowest BCUT2D eigenvalue weighted by atomic mass is 10.3. The van der Waals surface area contributed by atoms with E-state index in [1.165, 1.54) is 15.9 Å². The van der Waals surface area contributed by atoms with Crippen LogP contribution in [-0.4, -0.2) is 34.2 Å². The Kier molecular flexibility index (Phi) is 4.36. The molecule has 0 spiro atoms. The number of nitrogens with zero attached hydrogens (tertiary/aromatic N) is 1. The summed E-state index contributed by atoms with van der Waals surface area (Å²) in [5.41, 5.74) is 0. The van der Waals surface area contributed by atoms with Gasteiger partial charge in [0.2, 0.25) is 0 Å². The molecule has 0 radical (unpaired) electrons. The van der Waals surface area contributed by atoms with Crippen molar-refractivity contribution in [3.63, 3.8) is 0 Å². The Bertz CT molecular complexity index is 318. The molecule has 2 nitrogen and oxygen atoms in total. The van der Waals surface area contributed by atoms with Gasteiger partial charge in [0, 0.05) is 0 Å². The molecule has 13 heteroatoms. The van der Waals surface area contributed by atoms with Crippen LogP contribution in [0.25, 0.3) is 0 Å². The second-order valence-corrected chi connectivity index (χ2v) is 3.38. The highest BCUT2D eigenvalue weighted by Crippen LogP contribution is 2.49. The number of carbonyl (C=O) groups is 1. The van der Waals surface area contributed by atoms with Crippen LogP contribution in [0.1, 0.15) is 0 Å². The molecule has 0 rings (SSSR count). The van der Waals surface area contributed by atoms with Crippen molar-refractivity contribution in [2.75, 3.05) is 0 Å². The lowest BCUT2D eigenvalue weighted by molar-refractivity contribution is -0.462. The largest absolute Gasteiger partial charge is 0.472 e. The SMILES string of the molecule is O=C(Br)C(F)(F)C(F)(F)N(C(F)(F)F)C(F)(F)F. The molecule has 0 N–H and O–H groups in total.